The highest BCUT2D eigenvalue weighted by Gasteiger charge is 2.22. The van der Waals surface area contributed by atoms with Crippen LogP contribution in [0.4, 0.5) is 10.2 Å². The molecule has 1 saturated heterocycles. The number of anilines is 1. The maximum absolute atomic E-state index is 14.3. The van der Waals surface area contributed by atoms with Crippen LogP contribution in [0.2, 0.25) is 0 Å². The van der Waals surface area contributed by atoms with E-state index in [1.807, 2.05) is 36.0 Å². The molecule has 0 aliphatic carbocycles. The fourth-order valence-corrected chi connectivity index (χ4v) is 3.70. The molecule has 0 amide bonds. The number of halogens is 1. The molecule has 0 atom stereocenters. The van der Waals surface area contributed by atoms with Gasteiger partial charge in [-0.2, -0.15) is 5.10 Å². The van der Waals surface area contributed by atoms with E-state index in [-0.39, 0.29) is 5.82 Å². The molecule has 4 rings (SSSR count). The molecule has 1 aliphatic heterocycles. The first kappa shape index (κ1) is 17.7. The first-order valence-electron chi connectivity index (χ1n) is 9.28. The second-order valence-corrected chi connectivity index (χ2v) is 7.03. The lowest BCUT2D eigenvalue weighted by Crippen LogP contribution is -2.46. The van der Waals surface area contributed by atoms with Crippen molar-refractivity contribution < 1.29 is 4.39 Å². The van der Waals surface area contributed by atoms with Crippen LogP contribution in [0.25, 0.3) is 11.1 Å². The van der Waals surface area contributed by atoms with Crippen molar-refractivity contribution >= 4 is 5.82 Å². The smallest absolute Gasteiger partial charge is 0.136 e. The zero-order valence-electron chi connectivity index (χ0n) is 15.8. The van der Waals surface area contributed by atoms with E-state index in [1.54, 1.807) is 12.3 Å². The van der Waals surface area contributed by atoms with Gasteiger partial charge in [-0.05, 0) is 25.1 Å². The molecule has 140 valence electrons. The number of pyridine rings is 1. The average molecular weight is 365 g/mol. The van der Waals surface area contributed by atoms with Gasteiger partial charge < -0.3 is 4.90 Å². The van der Waals surface area contributed by atoms with E-state index in [0.717, 1.165) is 49.8 Å². The van der Waals surface area contributed by atoms with Crippen molar-refractivity contribution in [3.63, 3.8) is 0 Å². The highest BCUT2D eigenvalue weighted by molar-refractivity contribution is 5.76. The molecule has 0 unspecified atom stereocenters. The minimum absolute atomic E-state index is 0.211. The molecule has 2 aromatic heterocycles. The number of rotatable bonds is 4. The van der Waals surface area contributed by atoms with E-state index >= 15 is 0 Å². The Labute approximate surface area is 159 Å². The Kier molecular flexibility index (Phi) is 4.90. The first-order chi connectivity index (χ1) is 13.1. The number of aromatic nitrogens is 3. The number of piperazine rings is 1. The molecule has 6 heteroatoms. The summed E-state index contributed by atoms with van der Waals surface area (Å²) >= 11 is 0. The Morgan fingerprint density at radius 1 is 1.00 bits per heavy atom. The molecule has 0 radical (unpaired) electrons. The highest BCUT2D eigenvalue weighted by atomic mass is 19.1. The minimum atomic E-state index is -0.211. The van der Waals surface area contributed by atoms with Gasteiger partial charge in [0.1, 0.15) is 11.6 Å². The lowest BCUT2D eigenvalue weighted by Gasteiger charge is -2.36. The fourth-order valence-electron chi connectivity index (χ4n) is 3.70. The first-order valence-corrected chi connectivity index (χ1v) is 9.28. The van der Waals surface area contributed by atoms with Crippen molar-refractivity contribution in [1.82, 2.24) is 19.7 Å². The fraction of sp³-hybridized carbons (Fsp3) is 0.333. The normalized spacial score (nSPS) is 15.3. The summed E-state index contributed by atoms with van der Waals surface area (Å²) in [4.78, 5) is 9.27. The van der Waals surface area contributed by atoms with Crippen LogP contribution in [0.5, 0.6) is 0 Å². The van der Waals surface area contributed by atoms with Crippen LogP contribution in [-0.4, -0.2) is 45.8 Å². The maximum atomic E-state index is 14.3. The molecule has 0 spiro atoms. The number of hydrogen-bond acceptors (Lipinski definition) is 4. The van der Waals surface area contributed by atoms with Crippen LogP contribution in [0.3, 0.4) is 0 Å². The van der Waals surface area contributed by atoms with Crippen molar-refractivity contribution in [2.75, 3.05) is 31.1 Å². The van der Waals surface area contributed by atoms with Crippen molar-refractivity contribution in [1.29, 1.82) is 0 Å². The van der Waals surface area contributed by atoms with Crippen molar-refractivity contribution in [3.05, 3.63) is 65.9 Å². The zero-order chi connectivity index (χ0) is 18.8. The molecule has 3 heterocycles. The van der Waals surface area contributed by atoms with E-state index in [9.17, 15) is 4.39 Å². The summed E-state index contributed by atoms with van der Waals surface area (Å²) < 4.78 is 16.2. The van der Waals surface area contributed by atoms with Gasteiger partial charge in [0.15, 0.2) is 0 Å². The van der Waals surface area contributed by atoms with Crippen LogP contribution >= 0.6 is 0 Å². The molecule has 0 bridgehead atoms. The predicted molar refractivity (Wildman–Crippen MR) is 105 cm³/mol. The third-order valence-electron chi connectivity index (χ3n) is 5.13. The van der Waals surface area contributed by atoms with Gasteiger partial charge in [-0.15, -0.1) is 0 Å². The molecule has 0 N–H and O–H groups in total. The third-order valence-corrected chi connectivity index (χ3v) is 5.13. The average Bonchev–Trinajstić information content (AvgIpc) is 3.00. The SMILES string of the molecule is Cc1nn(C)cc1CN1CCN(c2ncccc2-c2ccccc2F)CC1. The summed E-state index contributed by atoms with van der Waals surface area (Å²) in [6.07, 6.45) is 3.88. The molecule has 0 saturated carbocycles. The van der Waals surface area contributed by atoms with Gasteiger partial charge in [0.2, 0.25) is 0 Å². The second-order valence-electron chi connectivity index (χ2n) is 7.03. The minimum Gasteiger partial charge on any atom is -0.354 e. The van der Waals surface area contributed by atoms with Gasteiger partial charge in [0.05, 0.1) is 5.69 Å². The van der Waals surface area contributed by atoms with E-state index in [2.05, 4.69) is 33.0 Å². The maximum Gasteiger partial charge on any atom is 0.136 e. The summed E-state index contributed by atoms with van der Waals surface area (Å²) in [6.45, 7) is 6.61. The Morgan fingerprint density at radius 3 is 2.44 bits per heavy atom. The van der Waals surface area contributed by atoms with E-state index < -0.39 is 0 Å². The summed E-state index contributed by atoms with van der Waals surface area (Å²) in [5.41, 5.74) is 3.82. The molecule has 5 nitrogen and oxygen atoms in total. The number of nitrogens with zero attached hydrogens (tertiary/aromatic N) is 5. The van der Waals surface area contributed by atoms with Gasteiger partial charge in [-0.1, -0.05) is 18.2 Å². The molecule has 3 aromatic rings. The number of hydrogen-bond donors (Lipinski definition) is 0. The van der Waals surface area contributed by atoms with Gasteiger partial charge in [0, 0.05) is 68.9 Å². The summed E-state index contributed by atoms with van der Waals surface area (Å²) in [5.74, 6) is 0.650. The summed E-state index contributed by atoms with van der Waals surface area (Å²) in [7, 11) is 1.96. The van der Waals surface area contributed by atoms with Crippen molar-refractivity contribution in [3.8, 4) is 11.1 Å². The van der Waals surface area contributed by atoms with Crippen LogP contribution in [0.1, 0.15) is 11.3 Å². The largest absolute Gasteiger partial charge is 0.354 e. The third kappa shape index (κ3) is 3.71. The van der Waals surface area contributed by atoms with Gasteiger partial charge in [0.25, 0.3) is 0 Å². The lowest BCUT2D eigenvalue weighted by atomic mass is 10.1. The van der Waals surface area contributed by atoms with Gasteiger partial charge >= 0.3 is 0 Å². The predicted octanol–water partition coefficient (Wildman–Crippen LogP) is 3.25. The van der Waals surface area contributed by atoms with E-state index in [0.29, 0.717) is 5.56 Å². The molecule has 1 aromatic carbocycles. The number of benzene rings is 1. The molecule has 1 fully saturated rings. The number of aryl methyl sites for hydroxylation is 2. The molecular formula is C21H24FN5. The van der Waals surface area contributed by atoms with Crippen LogP contribution in [0.15, 0.2) is 48.8 Å². The summed E-state index contributed by atoms with van der Waals surface area (Å²) in [5, 5.41) is 4.43. The molecular weight excluding hydrogens is 341 g/mol. The van der Waals surface area contributed by atoms with Gasteiger partial charge in [-0.25, -0.2) is 9.37 Å². The van der Waals surface area contributed by atoms with E-state index in [4.69, 9.17) is 0 Å². The Hall–Kier alpha value is -2.73. The second kappa shape index (κ2) is 7.48. The van der Waals surface area contributed by atoms with Crippen LogP contribution in [0, 0.1) is 12.7 Å². The monoisotopic (exact) mass is 365 g/mol. The molecule has 1 aliphatic rings. The van der Waals surface area contributed by atoms with Crippen molar-refractivity contribution in [2.24, 2.45) is 7.05 Å². The zero-order valence-corrected chi connectivity index (χ0v) is 15.8. The van der Waals surface area contributed by atoms with Crippen LogP contribution < -0.4 is 4.90 Å². The summed E-state index contributed by atoms with van der Waals surface area (Å²) in [6, 6.07) is 10.7. The van der Waals surface area contributed by atoms with E-state index in [1.165, 1.54) is 11.6 Å². The van der Waals surface area contributed by atoms with Crippen molar-refractivity contribution in [2.45, 2.75) is 13.5 Å². The standard InChI is InChI=1S/C21H24FN5/c1-16-17(14-25(2)24-16)15-26-10-12-27(13-11-26)21-19(7-5-9-23-21)18-6-3-4-8-20(18)22/h3-9,14H,10-13,15H2,1-2H3. The Morgan fingerprint density at radius 2 is 1.74 bits per heavy atom. The topological polar surface area (TPSA) is 37.2 Å². The Balaban J connectivity index is 1.49. The van der Waals surface area contributed by atoms with Gasteiger partial charge in [-0.3, -0.25) is 9.58 Å². The Bertz CT molecular complexity index is 928. The highest BCUT2D eigenvalue weighted by Crippen LogP contribution is 2.31. The quantitative estimate of drug-likeness (QED) is 0.711. The molecule has 27 heavy (non-hydrogen) atoms. The lowest BCUT2D eigenvalue weighted by molar-refractivity contribution is 0.249. The van der Waals surface area contributed by atoms with Crippen LogP contribution in [-0.2, 0) is 13.6 Å².